The van der Waals surface area contributed by atoms with E-state index in [1.807, 2.05) is 19.9 Å². The van der Waals surface area contributed by atoms with E-state index in [2.05, 4.69) is 0 Å². The van der Waals surface area contributed by atoms with Gasteiger partial charge in [0.05, 0.1) is 19.6 Å². The molecule has 0 aliphatic rings. The predicted molar refractivity (Wildman–Crippen MR) is 113 cm³/mol. The molecule has 29 heavy (non-hydrogen) atoms. The van der Waals surface area contributed by atoms with Crippen LogP contribution in [0.25, 0.3) is 10.2 Å². The molecule has 0 saturated carbocycles. The second-order valence-corrected chi connectivity index (χ2v) is 8.57. The topological polar surface area (TPSA) is 90.7 Å². The first-order valence-corrected chi connectivity index (χ1v) is 9.89. The number of benzene rings is 1. The number of fused-ring (bicyclic) bond motifs is 1. The zero-order valence-corrected chi connectivity index (χ0v) is 18.1. The van der Waals surface area contributed by atoms with E-state index in [1.54, 1.807) is 26.4 Å². The monoisotopic (exact) mass is 416 g/mol. The van der Waals surface area contributed by atoms with Crippen molar-refractivity contribution in [1.29, 1.82) is 0 Å². The average Bonchev–Trinajstić information content (AvgIpc) is 2.95. The SMILES string of the molecule is COc1ccc(Cc2nc3sc(C)c(C)c3c(=O)n2C(C)(C)C(=O)O)cc1OC. The van der Waals surface area contributed by atoms with Crippen LogP contribution in [-0.2, 0) is 16.8 Å². The number of carboxylic acid groups (broad SMARTS) is 1. The molecular weight excluding hydrogens is 392 g/mol. The highest BCUT2D eigenvalue weighted by Crippen LogP contribution is 2.31. The molecule has 0 unspecified atom stereocenters. The Bertz CT molecular complexity index is 1160. The van der Waals surface area contributed by atoms with Crippen LogP contribution in [0.15, 0.2) is 23.0 Å². The maximum Gasteiger partial charge on any atom is 0.329 e. The number of nitrogens with zero attached hydrogens (tertiary/aromatic N) is 2. The molecule has 0 amide bonds. The molecule has 1 N–H and O–H groups in total. The van der Waals surface area contributed by atoms with Gasteiger partial charge in [-0.15, -0.1) is 11.3 Å². The van der Waals surface area contributed by atoms with Crippen molar-refractivity contribution < 1.29 is 19.4 Å². The number of thiophene rings is 1. The van der Waals surface area contributed by atoms with Crippen LogP contribution in [-0.4, -0.2) is 34.8 Å². The van der Waals surface area contributed by atoms with Gasteiger partial charge >= 0.3 is 5.97 Å². The van der Waals surface area contributed by atoms with Crippen LogP contribution in [0.2, 0.25) is 0 Å². The standard InChI is InChI=1S/C21H24N2O5S/c1-11-12(2)29-18-17(11)19(24)23(21(3,4)20(25)26)16(22-18)10-13-7-8-14(27-5)15(9-13)28-6/h7-9H,10H2,1-6H3,(H,25,26). The number of aliphatic carboxylic acids is 1. The molecular formula is C21H24N2O5S. The molecule has 3 aromatic rings. The number of aromatic nitrogens is 2. The third kappa shape index (κ3) is 3.48. The summed E-state index contributed by atoms with van der Waals surface area (Å²) in [5.41, 5.74) is -0.115. The molecule has 0 aliphatic carbocycles. The van der Waals surface area contributed by atoms with Gasteiger partial charge in [-0.3, -0.25) is 9.36 Å². The Morgan fingerprint density at radius 2 is 1.86 bits per heavy atom. The number of methoxy groups -OCH3 is 2. The number of hydrogen-bond donors (Lipinski definition) is 1. The van der Waals surface area contributed by atoms with E-state index in [0.29, 0.717) is 27.5 Å². The lowest BCUT2D eigenvalue weighted by Crippen LogP contribution is -2.45. The Morgan fingerprint density at radius 3 is 2.45 bits per heavy atom. The normalized spacial score (nSPS) is 11.7. The van der Waals surface area contributed by atoms with Crippen molar-refractivity contribution in [2.24, 2.45) is 0 Å². The van der Waals surface area contributed by atoms with Crippen molar-refractivity contribution in [1.82, 2.24) is 9.55 Å². The predicted octanol–water partition coefficient (Wildman–Crippen LogP) is 3.50. The van der Waals surface area contributed by atoms with Crippen LogP contribution in [0.1, 0.15) is 35.7 Å². The molecule has 0 aliphatic heterocycles. The van der Waals surface area contributed by atoms with Crippen molar-refractivity contribution >= 4 is 27.5 Å². The zero-order valence-electron chi connectivity index (χ0n) is 17.3. The summed E-state index contributed by atoms with van der Waals surface area (Å²) in [5.74, 6) is 0.440. The number of rotatable bonds is 6. The number of carboxylic acids is 1. The summed E-state index contributed by atoms with van der Waals surface area (Å²) < 4.78 is 11.9. The van der Waals surface area contributed by atoms with Gasteiger partial charge in [0.2, 0.25) is 0 Å². The molecule has 0 saturated heterocycles. The summed E-state index contributed by atoms with van der Waals surface area (Å²) in [6.07, 6.45) is 0.276. The molecule has 7 nitrogen and oxygen atoms in total. The minimum absolute atomic E-state index is 0.276. The lowest BCUT2D eigenvalue weighted by atomic mass is 10.0. The molecule has 0 spiro atoms. The first kappa shape index (κ1) is 20.9. The van der Waals surface area contributed by atoms with Gasteiger partial charge in [-0.05, 0) is 51.0 Å². The van der Waals surface area contributed by atoms with Crippen LogP contribution in [0, 0.1) is 13.8 Å². The Morgan fingerprint density at radius 1 is 1.21 bits per heavy atom. The van der Waals surface area contributed by atoms with Crippen molar-refractivity contribution in [3.8, 4) is 11.5 Å². The maximum absolute atomic E-state index is 13.4. The Hall–Kier alpha value is -2.87. The fourth-order valence-electron chi connectivity index (χ4n) is 3.30. The molecule has 8 heteroatoms. The van der Waals surface area contributed by atoms with E-state index >= 15 is 0 Å². The lowest BCUT2D eigenvalue weighted by Gasteiger charge is -2.25. The molecule has 0 bridgehead atoms. The molecule has 2 heterocycles. The van der Waals surface area contributed by atoms with Crippen LogP contribution < -0.4 is 15.0 Å². The summed E-state index contributed by atoms with van der Waals surface area (Å²) >= 11 is 1.44. The van der Waals surface area contributed by atoms with Crippen LogP contribution in [0.3, 0.4) is 0 Å². The summed E-state index contributed by atoms with van der Waals surface area (Å²) in [6, 6.07) is 5.43. The Kier molecular flexibility index (Phi) is 5.40. The van der Waals surface area contributed by atoms with Gasteiger partial charge in [0, 0.05) is 11.3 Å². The van der Waals surface area contributed by atoms with E-state index in [1.165, 1.54) is 29.8 Å². The maximum atomic E-state index is 13.4. The average molecular weight is 416 g/mol. The molecule has 3 rings (SSSR count). The van der Waals surface area contributed by atoms with E-state index in [-0.39, 0.29) is 12.0 Å². The summed E-state index contributed by atoms with van der Waals surface area (Å²) in [5, 5.41) is 10.3. The molecule has 0 atom stereocenters. The second-order valence-electron chi connectivity index (χ2n) is 7.36. The van der Waals surface area contributed by atoms with Gasteiger partial charge in [-0.2, -0.15) is 0 Å². The highest BCUT2D eigenvalue weighted by molar-refractivity contribution is 7.18. The second kappa shape index (κ2) is 7.51. The zero-order chi connectivity index (χ0) is 21.5. The molecule has 154 valence electrons. The minimum Gasteiger partial charge on any atom is -0.493 e. The van der Waals surface area contributed by atoms with Gasteiger partial charge in [0.1, 0.15) is 16.2 Å². The molecule has 0 radical (unpaired) electrons. The summed E-state index contributed by atoms with van der Waals surface area (Å²) in [7, 11) is 3.11. The van der Waals surface area contributed by atoms with Crippen LogP contribution in [0.5, 0.6) is 11.5 Å². The van der Waals surface area contributed by atoms with Gasteiger partial charge in [-0.1, -0.05) is 6.07 Å². The first-order chi connectivity index (χ1) is 13.6. The number of ether oxygens (including phenoxy) is 2. The van der Waals surface area contributed by atoms with Gasteiger partial charge in [0.25, 0.3) is 5.56 Å². The van der Waals surface area contributed by atoms with Crippen molar-refractivity contribution in [2.75, 3.05) is 14.2 Å². The van der Waals surface area contributed by atoms with Crippen molar-refractivity contribution in [3.05, 3.63) is 50.4 Å². The van der Waals surface area contributed by atoms with E-state index < -0.39 is 11.5 Å². The van der Waals surface area contributed by atoms with Gasteiger partial charge in [0.15, 0.2) is 11.5 Å². The summed E-state index contributed by atoms with van der Waals surface area (Å²) in [6.45, 7) is 6.82. The number of hydrogen-bond acceptors (Lipinski definition) is 6. The largest absolute Gasteiger partial charge is 0.493 e. The molecule has 0 fully saturated rings. The quantitative estimate of drug-likeness (QED) is 0.661. The lowest BCUT2D eigenvalue weighted by molar-refractivity contribution is -0.146. The third-order valence-electron chi connectivity index (χ3n) is 5.16. The van der Waals surface area contributed by atoms with Crippen molar-refractivity contribution in [2.45, 2.75) is 39.7 Å². The minimum atomic E-state index is -1.45. The fraction of sp³-hybridized carbons (Fsp3) is 0.381. The van der Waals surface area contributed by atoms with E-state index in [9.17, 15) is 14.7 Å². The van der Waals surface area contributed by atoms with Gasteiger partial charge < -0.3 is 14.6 Å². The first-order valence-electron chi connectivity index (χ1n) is 9.08. The van der Waals surface area contributed by atoms with Crippen LogP contribution in [0.4, 0.5) is 0 Å². The molecule has 2 aromatic heterocycles. The van der Waals surface area contributed by atoms with Crippen molar-refractivity contribution in [3.63, 3.8) is 0 Å². The smallest absolute Gasteiger partial charge is 0.329 e. The van der Waals surface area contributed by atoms with E-state index in [0.717, 1.165) is 16.0 Å². The van der Waals surface area contributed by atoms with Crippen LogP contribution >= 0.6 is 11.3 Å². The number of aryl methyl sites for hydroxylation is 2. The van der Waals surface area contributed by atoms with Gasteiger partial charge in [-0.25, -0.2) is 9.78 Å². The third-order valence-corrected chi connectivity index (χ3v) is 6.27. The fourth-order valence-corrected chi connectivity index (χ4v) is 4.34. The Labute approximate surface area is 172 Å². The highest BCUT2D eigenvalue weighted by Gasteiger charge is 2.34. The summed E-state index contributed by atoms with van der Waals surface area (Å²) in [4.78, 5) is 31.7. The van der Waals surface area contributed by atoms with E-state index in [4.69, 9.17) is 14.5 Å². The highest BCUT2D eigenvalue weighted by atomic mass is 32.1. The Balaban J connectivity index is 2.26. The number of carbonyl (C=O) groups is 1. The molecule has 1 aromatic carbocycles.